The molecule has 3 heterocycles. The number of aryl methyl sites for hydroxylation is 1. The number of nitrogens with zero attached hydrogens (tertiary/aromatic N) is 3. The van der Waals surface area contributed by atoms with Crippen molar-refractivity contribution in [2.24, 2.45) is 0 Å². The third-order valence-electron chi connectivity index (χ3n) is 5.74. The predicted molar refractivity (Wildman–Crippen MR) is 118 cm³/mol. The topological polar surface area (TPSA) is 101 Å². The van der Waals surface area contributed by atoms with E-state index in [0.29, 0.717) is 10.7 Å². The molecule has 1 fully saturated rings. The van der Waals surface area contributed by atoms with Crippen LogP contribution in [0.25, 0.3) is 0 Å². The lowest BCUT2D eigenvalue weighted by Crippen LogP contribution is -2.67. The van der Waals surface area contributed by atoms with Gasteiger partial charge in [-0.25, -0.2) is 0 Å². The standard InChI is InChI=1S/C22H14ClN3O5S/c1-11-7-8-12(10-14(11)23)24-18(16-6-3-9-32-16)19(22(24)29)25-20(27)13-4-2-5-15(26(30)31)17(13)21(25)28/h2-10,18-19H,1H3/t18-,19+/m1/s1. The number of rotatable bonds is 4. The zero-order valence-corrected chi connectivity index (χ0v) is 18.1. The number of thiophene rings is 1. The van der Waals surface area contributed by atoms with Crippen molar-refractivity contribution in [1.29, 1.82) is 0 Å². The van der Waals surface area contributed by atoms with Gasteiger partial charge in [0.15, 0.2) is 0 Å². The molecular formula is C22H14ClN3O5S. The Bertz CT molecular complexity index is 1320. The van der Waals surface area contributed by atoms with Gasteiger partial charge in [-0.3, -0.25) is 34.3 Å². The third kappa shape index (κ3) is 2.78. The van der Waals surface area contributed by atoms with E-state index in [2.05, 4.69) is 0 Å². The minimum atomic E-state index is -1.11. The van der Waals surface area contributed by atoms with Gasteiger partial charge >= 0.3 is 0 Å². The number of carbonyl (C=O) groups is 3. The van der Waals surface area contributed by atoms with Gasteiger partial charge in [-0.1, -0.05) is 29.8 Å². The van der Waals surface area contributed by atoms with E-state index in [9.17, 15) is 24.5 Å². The Morgan fingerprint density at radius 2 is 1.78 bits per heavy atom. The number of β-lactam (4-membered cyclic amide) rings is 1. The molecule has 10 heteroatoms. The maximum Gasteiger partial charge on any atom is 0.282 e. The molecule has 1 aromatic heterocycles. The Labute approximate surface area is 190 Å². The highest BCUT2D eigenvalue weighted by Crippen LogP contribution is 2.46. The summed E-state index contributed by atoms with van der Waals surface area (Å²) < 4.78 is 0. The van der Waals surface area contributed by atoms with Gasteiger partial charge in [0.1, 0.15) is 17.6 Å². The number of nitro groups is 1. The van der Waals surface area contributed by atoms with Crippen LogP contribution in [0.15, 0.2) is 53.9 Å². The molecule has 1 saturated heterocycles. The number of anilines is 1. The molecule has 2 aliphatic rings. The lowest BCUT2D eigenvalue weighted by molar-refractivity contribution is -0.385. The average molecular weight is 468 g/mol. The van der Waals surface area contributed by atoms with Crippen molar-refractivity contribution in [3.8, 4) is 0 Å². The van der Waals surface area contributed by atoms with Gasteiger partial charge in [0, 0.05) is 21.7 Å². The van der Waals surface area contributed by atoms with Gasteiger partial charge in [-0.2, -0.15) is 0 Å². The second kappa shape index (κ2) is 7.25. The van der Waals surface area contributed by atoms with Crippen LogP contribution >= 0.6 is 22.9 Å². The van der Waals surface area contributed by atoms with Crippen LogP contribution in [0.3, 0.4) is 0 Å². The summed E-state index contributed by atoms with van der Waals surface area (Å²) in [6.45, 7) is 1.84. The molecule has 3 amide bonds. The molecule has 8 nitrogen and oxygen atoms in total. The maximum absolute atomic E-state index is 13.3. The van der Waals surface area contributed by atoms with Crippen molar-refractivity contribution in [1.82, 2.24) is 4.90 Å². The molecule has 0 radical (unpaired) electrons. The van der Waals surface area contributed by atoms with Crippen molar-refractivity contribution in [3.05, 3.63) is 90.6 Å². The second-order valence-corrected chi connectivity index (χ2v) is 8.87. The van der Waals surface area contributed by atoms with Crippen LogP contribution in [-0.2, 0) is 4.79 Å². The first-order chi connectivity index (χ1) is 15.3. The summed E-state index contributed by atoms with van der Waals surface area (Å²) in [6, 6.07) is 11.0. The number of benzene rings is 2. The normalized spacial score (nSPS) is 19.9. The summed E-state index contributed by atoms with van der Waals surface area (Å²) in [5, 5.41) is 13.7. The molecule has 2 atom stereocenters. The highest BCUT2D eigenvalue weighted by molar-refractivity contribution is 7.10. The summed E-state index contributed by atoms with van der Waals surface area (Å²) >= 11 is 7.65. The number of nitro benzene ring substituents is 1. The number of hydrogen-bond donors (Lipinski definition) is 0. The molecule has 3 aromatic rings. The SMILES string of the molecule is Cc1ccc(N2C(=O)[C@@H](N3C(=O)c4cccc([N+](=O)[O-])c4C3=O)[C@H]2c2cccs2)cc1Cl. The van der Waals surface area contributed by atoms with E-state index in [0.717, 1.165) is 15.3 Å². The minimum Gasteiger partial charge on any atom is -0.300 e. The van der Waals surface area contributed by atoms with E-state index in [4.69, 9.17) is 11.6 Å². The summed E-state index contributed by atoms with van der Waals surface area (Å²) in [4.78, 5) is 53.5. The van der Waals surface area contributed by atoms with Gasteiger partial charge in [-0.05, 0) is 42.1 Å². The lowest BCUT2D eigenvalue weighted by Gasteiger charge is -2.49. The maximum atomic E-state index is 13.3. The van der Waals surface area contributed by atoms with Gasteiger partial charge < -0.3 is 0 Å². The summed E-state index contributed by atoms with van der Waals surface area (Å²) in [5.41, 5.74) is 0.587. The Kier molecular flexibility index (Phi) is 4.61. The van der Waals surface area contributed by atoms with E-state index in [1.807, 2.05) is 24.4 Å². The van der Waals surface area contributed by atoms with Crippen LogP contribution in [0.2, 0.25) is 5.02 Å². The van der Waals surface area contributed by atoms with E-state index >= 15 is 0 Å². The van der Waals surface area contributed by atoms with E-state index in [1.165, 1.54) is 34.4 Å². The Hall–Kier alpha value is -3.56. The molecule has 32 heavy (non-hydrogen) atoms. The molecule has 160 valence electrons. The van der Waals surface area contributed by atoms with Crippen molar-refractivity contribution < 1.29 is 19.3 Å². The number of amides is 3. The number of halogens is 1. The molecule has 2 aromatic carbocycles. The molecule has 0 unspecified atom stereocenters. The zero-order valence-electron chi connectivity index (χ0n) is 16.5. The Morgan fingerprint density at radius 1 is 1.00 bits per heavy atom. The molecule has 0 saturated carbocycles. The number of hydrogen-bond acceptors (Lipinski definition) is 6. The smallest absolute Gasteiger partial charge is 0.282 e. The van der Waals surface area contributed by atoms with Crippen LogP contribution in [-0.4, -0.2) is 33.6 Å². The first-order valence-corrected chi connectivity index (χ1v) is 10.8. The Morgan fingerprint density at radius 3 is 2.44 bits per heavy atom. The first-order valence-electron chi connectivity index (χ1n) is 9.59. The van der Waals surface area contributed by atoms with Gasteiger partial charge in [0.05, 0.1) is 10.5 Å². The molecule has 5 rings (SSSR count). The fourth-order valence-corrected chi connectivity index (χ4v) is 5.20. The highest BCUT2D eigenvalue weighted by atomic mass is 35.5. The zero-order chi connectivity index (χ0) is 22.7. The van der Waals surface area contributed by atoms with E-state index in [-0.39, 0.29) is 11.1 Å². The van der Waals surface area contributed by atoms with Crippen molar-refractivity contribution in [2.45, 2.75) is 19.0 Å². The quantitative estimate of drug-likeness (QED) is 0.245. The molecule has 0 N–H and O–H groups in total. The van der Waals surface area contributed by atoms with Crippen LogP contribution in [0.1, 0.15) is 37.2 Å². The second-order valence-electron chi connectivity index (χ2n) is 7.48. The van der Waals surface area contributed by atoms with Gasteiger partial charge in [-0.15, -0.1) is 11.3 Å². The fourth-order valence-electron chi connectivity index (χ4n) is 4.18. The van der Waals surface area contributed by atoms with Crippen molar-refractivity contribution in [3.63, 3.8) is 0 Å². The molecule has 0 spiro atoms. The summed E-state index contributed by atoms with van der Waals surface area (Å²) in [6.07, 6.45) is 0. The third-order valence-corrected chi connectivity index (χ3v) is 7.09. The molecule has 0 bridgehead atoms. The molecular weight excluding hydrogens is 454 g/mol. The number of carbonyl (C=O) groups excluding carboxylic acids is 3. The van der Waals surface area contributed by atoms with Crippen molar-refractivity contribution >= 4 is 52.0 Å². The fraction of sp³-hybridized carbons (Fsp3) is 0.136. The van der Waals surface area contributed by atoms with Gasteiger partial charge in [0.2, 0.25) is 0 Å². The van der Waals surface area contributed by atoms with E-state index < -0.39 is 40.4 Å². The average Bonchev–Trinajstić information content (AvgIpc) is 3.37. The monoisotopic (exact) mass is 467 g/mol. The largest absolute Gasteiger partial charge is 0.300 e. The molecule has 0 aliphatic carbocycles. The lowest BCUT2D eigenvalue weighted by atomic mass is 9.90. The summed E-state index contributed by atoms with van der Waals surface area (Å²) in [7, 11) is 0. The van der Waals surface area contributed by atoms with Gasteiger partial charge in [0.25, 0.3) is 23.4 Å². The summed E-state index contributed by atoms with van der Waals surface area (Å²) in [5.74, 6) is -2.01. The van der Waals surface area contributed by atoms with Crippen LogP contribution in [0, 0.1) is 17.0 Å². The molecule has 2 aliphatic heterocycles. The van der Waals surface area contributed by atoms with Crippen LogP contribution in [0.4, 0.5) is 11.4 Å². The number of imide groups is 1. The predicted octanol–water partition coefficient (Wildman–Crippen LogP) is 4.37. The number of fused-ring (bicyclic) bond motifs is 1. The van der Waals surface area contributed by atoms with Crippen LogP contribution < -0.4 is 4.90 Å². The van der Waals surface area contributed by atoms with Crippen molar-refractivity contribution in [2.75, 3.05) is 4.90 Å². The minimum absolute atomic E-state index is 0.0706. The Balaban J connectivity index is 1.59. The highest BCUT2D eigenvalue weighted by Gasteiger charge is 2.58. The first kappa shape index (κ1) is 20.3. The van der Waals surface area contributed by atoms with E-state index in [1.54, 1.807) is 18.2 Å². The van der Waals surface area contributed by atoms with Crippen LogP contribution in [0.5, 0.6) is 0 Å².